The van der Waals surface area contributed by atoms with Gasteiger partial charge in [0, 0.05) is 18.5 Å². The van der Waals surface area contributed by atoms with Crippen molar-refractivity contribution >= 4 is 5.91 Å². The predicted molar refractivity (Wildman–Crippen MR) is 80.2 cm³/mol. The molecule has 2 atom stereocenters. The van der Waals surface area contributed by atoms with Crippen LogP contribution >= 0.6 is 0 Å². The van der Waals surface area contributed by atoms with Crippen molar-refractivity contribution in [2.45, 2.75) is 56.7 Å². The van der Waals surface area contributed by atoms with Gasteiger partial charge in [0.25, 0.3) is 0 Å². The van der Waals surface area contributed by atoms with Gasteiger partial charge in [0.05, 0.1) is 13.2 Å². The molecule has 114 valence electrons. The van der Waals surface area contributed by atoms with Gasteiger partial charge in [-0.1, -0.05) is 18.2 Å². The van der Waals surface area contributed by atoms with Gasteiger partial charge < -0.3 is 14.7 Å². The minimum Gasteiger partial charge on any atom is -0.496 e. The Morgan fingerprint density at radius 1 is 1.29 bits per heavy atom. The lowest BCUT2D eigenvalue weighted by molar-refractivity contribution is -0.137. The number of hydrogen-bond donors (Lipinski definition) is 1. The average Bonchev–Trinajstić information content (AvgIpc) is 2.77. The number of para-hydroxylation sites is 1. The van der Waals surface area contributed by atoms with Crippen LogP contribution in [0.15, 0.2) is 24.3 Å². The van der Waals surface area contributed by atoms with E-state index in [0.717, 1.165) is 37.0 Å². The molecule has 4 heteroatoms. The number of carbonyl (C=O) groups is 1. The maximum absolute atomic E-state index is 12.5. The first-order valence-corrected chi connectivity index (χ1v) is 7.80. The third-order valence-electron chi connectivity index (χ3n) is 4.80. The van der Waals surface area contributed by atoms with Crippen LogP contribution in [0.2, 0.25) is 0 Å². The van der Waals surface area contributed by atoms with Crippen molar-refractivity contribution in [2.75, 3.05) is 7.11 Å². The smallest absolute Gasteiger partial charge is 0.223 e. The largest absolute Gasteiger partial charge is 0.496 e. The molecule has 2 aliphatic rings. The fourth-order valence-corrected chi connectivity index (χ4v) is 3.84. The van der Waals surface area contributed by atoms with Crippen LogP contribution in [-0.4, -0.2) is 41.2 Å². The quantitative estimate of drug-likeness (QED) is 0.924. The third kappa shape index (κ3) is 2.91. The second-order valence-electron chi connectivity index (χ2n) is 6.12. The summed E-state index contributed by atoms with van der Waals surface area (Å²) in [6.45, 7) is 0. The van der Waals surface area contributed by atoms with Crippen molar-refractivity contribution in [3.8, 4) is 5.75 Å². The zero-order valence-corrected chi connectivity index (χ0v) is 12.5. The summed E-state index contributed by atoms with van der Waals surface area (Å²) in [5.41, 5.74) is 1.08. The number of carbonyl (C=O) groups excluding carboxylic acids is 1. The monoisotopic (exact) mass is 289 g/mol. The van der Waals surface area contributed by atoms with E-state index in [2.05, 4.69) is 0 Å². The number of amides is 1. The van der Waals surface area contributed by atoms with Crippen molar-refractivity contribution < 1.29 is 14.6 Å². The molecule has 0 aliphatic carbocycles. The highest BCUT2D eigenvalue weighted by Gasteiger charge is 2.42. The summed E-state index contributed by atoms with van der Waals surface area (Å²) in [4.78, 5) is 14.6. The topological polar surface area (TPSA) is 49.8 Å². The lowest BCUT2D eigenvalue weighted by atomic mass is 9.98. The van der Waals surface area contributed by atoms with Crippen molar-refractivity contribution in [3.05, 3.63) is 29.8 Å². The Kier molecular flexibility index (Phi) is 4.15. The molecular weight excluding hydrogens is 266 g/mol. The first-order valence-electron chi connectivity index (χ1n) is 7.80. The summed E-state index contributed by atoms with van der Waals surface area (Å²) < 4.78 is 5.33. The van der Waals surface area contributed by atoms with Gasteiger partial charge in [-0.15, -0.1) is 0 Å². The van der Waals surface area contributed by atoms with Crippen LogP contribution in [0.5, 0.6) is 5.75 Å². The molecule has 2 aliphatic heterocycles. The Morgan fingerprint density at radius 2 is 1.95 bits per heavy atom. The molecule has 4 nitrogen and oxygen atoms in total. The van der Waals surface area contributed by atoms with Crippen LogP contribution in [0.4, 0.5) is 0 Å². The fourth-order valence-electron chi connectivity index (χ4n) is 3.84. The lowest BCUT2D eigenvalue weighted by Crippen LogP contribution is -2.48. The molecule has 0 radical (unpaired) electrons. The van der Waals surface area contributed by atoms with Crippen LogP contribution in [0.25, 0.3) is 0 Å². The summed E-state index contributed by atoms with van der Waals surface area (Å²) in [5.74, 6) is 1.07. The maximum Gasteiger partial charge on any atom is 0.223 e. The van der Waals surface area contributed by atoms with Gasteiger partial charge in [0.2, 0.25) is 5.91 Å². The highest BCUT2D eigenvalue weighted by Crippen LogP contribution is 2.36. The molecule has 2 unspecified atom stereocenters. The van der Waals surface area contributed by atoms with Crippen LogP contribution in [0, 0.1) is 0 Å². The zero-order chi connectivity index (χ0) is 14.8. The molecule has 1 N–H and O–H groups in total. The van der Waals surface area contributed by atoms with E-state index in [4.69, 9.17) is 4.74 Å². The molecule has 2 fully saturated rings. The molecular formula is C17H23NO3. The first kappa shape index (κ1) is 14.4. The number of aryl methyl sites for hydroxylation is 1. The van der Waals surface area contributed by atoms with Crippen molar-refractivity contribution in [1.29, 1.82) is 0 Å². The number of rotatable bonds is 4. The van der Waals surface area contributed by atoms with E-state index in [1.54, 1.807) is 7.11 Å². The van der Waals surface area contributed by atoms with Crippen LogP contribution in [-0.2, 0) is 11.2 Å². The highest BCUT2D eigenvalue weighted by molar-refractivity contribution is 5.77. The number of piperidine rings is 1. The standard InChI is InChI=1S/C17H23NO3/c1-21-16-5-3-2-4-12(16)6-9-17(20)18-13-7-8-14(18)11-15(19)10-13/h2-5,13-15,19H,6-11H2,1H3. The average molecular weight is 289 g/mol. The maximum atomic E-state index is 12.5. The molecule has 21 heavy (non-hydrogen) atoms. The molecule has 1 amide bonds. The third-order valence-corrected chi connectivity index (χ3v) is 4.80. The van der Waals surface area contributed by atoms with Crippen LogP contribution in [0.3, 0.4) is 0 Å². The highest BCUT2D eigenvalue weighted by atomic mass is 16.5. The van der Waals surface area contributed by atoms with Crippen molar-refractivity contribution in [3.63, 3.8) is 0 Å². The zero-order valence-electron chi connectivity index (χ0n) is 12.5. The van der Waals surface area contributed by atoms with Gasteiger partial charge >= 0.3 is 0 Å². The van der Waals surface area contributed by atoms with E-state index in [9.17, 15) is 9.90 Å². The number of hydrogen-bond acceptors (Lipinski definition) is 3. The molecule has 1 aromatic rings. The summed E-state index contributed by atoms with van der Waals surface area (Å²) in [5, 5.41) is 9.81. The fraction of sp³-hybridized carbons (Fsp3) is 0.588. The summed E-state index contributed by atoms with van der Waals surface area (Å²) >= 11 is 0. The van der Waals surface area contributed by atoms with Crippen molar-refractivity contribution in [2.24, 2.45) is 0 Å². The molecule has 3 rings (SSSR count). The van der Waals surface area contributed by atoms with Gasteiger partial charge in [-0.2, -0.15) is 0 Å². The Morgan fingerprint density at radius 3 is 2.62 bits per heavy atom. The Bertz CT molecular complexity index is 503. The molecule has 1 aromatic carbocycles. The number of methoxy groups -OCH3 is 1. The Hall–Kier alpha value is -1.55. The number of nitrogens with zero attached hydrogens (tertiary/aromatic N) is 1. The minimum absolute atomic E-state index is 0.222. The van der Waals surface area contributed by atoms with Gasteiger partial charge in [0.1, 0.15) is 5.75 Å². The van der Waals surface area contributed by atoms with E-state index in [1.165, 1.54) is 0 Å². The second-order valence-corrected chi connectivity index (χ2v) is 6.12. The van der Waals surface area contributed by atoms with E-state index in [0.29, 0.717) is 12.8 Å². The van der Waals surface area contributed by atoms with Crippen LogP contribution in [0.1, 0.15) is 37.7 Å². The molecule has 2 heterocycles. The predicted octanol–water partition coefficient (Wildman–Crippen LogP) is 2.14. The van der Waals surface area contributed by atoms with Gasteiger partial charge in [-0.25, -0.2) is 0 Å². The van der Waals surface area contributed by atoms with E-state index >= 15 is 0 Å². The molecule has 2 saturated heterocycles. The van der Waals surface area contributed by atoms with Gasteiger partial charge in [-0.05, 0) is 43.7 Å². The molecule has 0 aromatic heterocycles. The molecule has 0 spiro atoms. The molecule has 0 saturated carbocycles. The van der Waals surface area contributed by atoms with Crippen molar-refractivity contribution in [1.82, 2.24) is 4.90 Å². The van der Waals surface area contributed by atoms with Crippen LogP contribution < -0.4 is 4.74 Å². The molecule has 2 bridgehead atoms. The summed E-state index contributed by atoms with van der Waals surface area (Å²) in [7, 11) is 1.66. The van der Waals surface area contributed by atoms with Gasteiger partial charge in [0.15, 0.2) is 0 Å². The van der Waals surface area contributed by atoms with E-state index in [-0.39, 0.29) is 24.1 Å². The Labute approximate surface area is 125 Å². The summed E-state index contributed by atoms with van der Waals surface area (Å²) in [6, 6.07) is 8.37. The summed E-state index contributed by atoms with van der Waals surface area (Å²) in [6.07, 6.45) is 4.59. The SMILES string of the molecule is COc1ccccc1CCC(=O)N1C2CCC1CC(O)C2. The Balaban J connectivity index is 1.62. The number of fused-ring (bicyclic) bond motifs is 2. The van der Waals surface area contributed by atoms with E-state index in [1.807, 2.05) is 29.2 Å². The second kappa shape index (κ2) is 6.06. The first-order chi connectivity index (χ1) is 10.2. The number of benzene rings is 1. The number of aliphatic hydroxyl groups excluding tert-OH is 1. The van der Waals surface area contributed by atoms with Gasteiger partial charge in [-0.3, -0.25) is 4.79 Å². The normalized spacial score (nSPS) is 27.7. The lowest BCUT2D eigenvalue weighted by Gasteiger charge is -2.37. The minimum atomic E-state index is -0.222. The number of aliphatic hydroxyl groups is 1. The van der Waals surface area contributed by atoms with E-state index < -0.39 is 0 Å². The number of ether oxygens (including phenoxy) is 1.